The first-order valence-electron chi connectivity index (χ1n) is 5.96. The first kappa shape index (κ1) is 13.0. The summed E-state index contributed by atoms with van der Waals surface area (Å²) in [5, 5.41) is 8.55. The van der Waals surface area contributed by atoms with Gasteiger partial charge in [0.25, 0.3) is 0 Å². The van der Waals surface area contributed by atoms with Gasteiger partial charge in [-0.2, -0.15) is 0 Å². The monoisotopic (exact) mass is 227 g/mol. The van der Waals surface area contributed by atoms with Gasteiger partial charge in [0.15, 0.2) is 0 Å². The first-order chi connectivity index (χ1) is 7.65. The van der Waals surface area contributed by atoms with E-state index in [1.54, 1.807) is 6.92 Å². The quantitative estimate of drug-likeness (QED) is 0.621. The fraction of sp³-hybridized carbons (Fsp3) is 0.818. The fourth-order valence-electron chi connectivity index (χ4n) is 1.78. The third-order valence-electron chi connectivity index (χ3n) is 2.73. The molecule has 16 heavy (non-hydrogen) atoms. The predicted octanol–water partition coefficient (Wildman–Crippen LogP) is -0.231. The van der Waals surface area contributed by atoms with Crippen LogP contribution in [0.5, 0.6) is 0 Å². The highest BCUT2D eigenvalue weighted by molar-refractivity contribution is 5.89. The second-order valence-electron chi connectivity index (χ2n) is 4.13. The van der Waals surface area contributed by atoms with E-state index in [-0.39, 0.29) is 17.9 Å². The molecule has 0 bridgehead atoms. The third kappa shape index (κ3) is 3.81. The summed E-state index contributed by atoms with van der Waals surface area (Å²) in [5.41, 5.74) is 0. The molecule has 3 N–H and O–H groups in total. The van der Waals surface area contributed by atoms with Crippen LogP contribution in [0.1, 0.15) is 33.1 Å². The summed E-state index contributed by atoms with van der Waals surface area (Å²) in [6, 6.07) is -0.596. The predicted molar refractivity (Wildman–Crippen MR) is 61.9 cm³/mol. The maximum Gasteiger partial charge on any atom is 0.242 e. The van der Waals surface area contributed by atoms with Crippen LogP contribution >= 0.6 is 0 Å². The number of piperidine rings is 1. The lowest BCUT2D eigenvalue weighted by molar-refractivity contribution is -0.129. The standard InChI is InChI=1S/C11H21N3O2/c1-3-12-10(15)8(2)14-11(16)9-6-4-5-7-13-9/h8-9,13H,3-7H2,1-2H3,(H,12,15)(H,14,16)/t8?,9-/m1/s1. The van der Waals surface area contributed by atoms with Crippen molar-refractivity contribution in [1.82, 2.24) is 16.0 Å². The minimum absolute atomic E-state index is 0.0709. The number of hydrogen-bond donors (Lipinski definition) is 3. The van der Waals surface area contributed by atoms with Gasteiger partial charge >= 0.3 is 0 Å². The Balaban J connectivity index is 2.34. The van der Waals surface area contributed by atoms with E-state index in [1.165, 1.54) is 0 Å². The van der Waals surface area contributed by atoms with Crippen molar-refractivity contribution in [2.45, 2.75) is 45.2 Å². The highest BCUT2D eigenvalue weighted by Crippen LogP contribution is 2.06. The Morgan fingerprint density at radius 1 is 1.44 bits per heavy atom. The zero-order valence-electron chi connectivity index (χ0n) is 10.0. The van der Waals surface area contributed by atoms with E-state index < -0.39 is 6.04 Å². The molecule has 0 aromatic heterocycles. The molecule has 1 saturated heterocycles. The van der Waals surface area contributed by atoms with Gasteiger partial charge in [-0.15, -0.1) is 0 Å². The lowest BCUT2D eigenvalue weighted by Crippen LogP contribution is -2.52. The van der Waals surface area contributed by atoms with Crippen molar-refractivity contribution in [1.29, 1.82) is 0 Å². The van der Waals surface area contributed by atoms with Crippen LogP contribution < -0.4 is 16.0 Å². The van der Waals surface area contributed by atoms with Gasteiger partial charge in [-0.05, 0) is 33.2 Å². The van der Waals surface area contributed by atoms with Gasteiger partial charge in [-0.25, -0.2) is 0 Å². The van der Waals surface area contributed by atoms with Gasteiger partial charge < -0.3 is 16.0 Å². The van der Waals surface area contributed by atoms with Crippen LogP contribution in [0.4, 0.5) is 0 Å². The summed E-state index contributed by atoms with van der Waals surface area (Å²) in [4.78, 5) is 23.2. The molecule has 0 radical (unpaired) electrons. The summed E-state index contributed by atoms with van der Waals surface area (Å²) >= 11 is 0. The normalized spacial score (nSPS) is 22.2. The van der Waals surface area contributed by atoms with E-state index in [2.05, 4.69) is 16.0 Å². The number of likely N-dealkylation sites (N-methyl/N-ethyl adjacent to an activating group) is 1. The summed E-state index contributed by atoms with van der Waals surface area (Å²) in [5.74, 6) is -0.204. The van der Waals surface area contributed by atoms with Gasteiger partial charge in [0.1, 0.15) is 6.04 Å². The molecule has 0 aromatic rings. The van der Waals surface area contributed by atoms with E-state index in [9.17, 15) is 9.59 Å². The molecule has 1 unspecified atom stereocenters. The minimum atomic E-state index is -0.462. The highest BCUT2D eigenvalue weighted by Gasteiger charge is 2.23. The fourth-order valence-corrected chi connectivity index (χ4v) is 1.78. The van der Waals surface area contributed by atoms with E-state index >= 15 is 0 Å². The van der Waals surface area contributed by atoms with Crippen molar-refractivity contribution in [3.05, 3.63) is 0 Å². The molecule has 0 aliphatic carbocycles. The van der Waals surface area contributed by atoms with Crippen LogP contribution in [-0.2, 0) is 9.59 Å². The Labute approximate surface area is 96.4 Å². The summed E-state index contributed by atoms with van der Waals surface area (Å²) in [7, 11) is 0. The van der Waals surface area contributed by atoms with Crippen molar-refractivity contribution in [3.63, 3.8) is 0 Å². The summed E-state index contributed by atoms with van der Waals surface area (Å²) < 4.78 is 0. The molecule has 1 heterocycles. The second kappa shape index (κ2) is 6.48. The Morgan fingerprint density at radius 2 is 2.19 bits per heavy atom. The van der Waals surface area contributed by atoms with Crippen molar-refractivity contribution in [3.8, 4) is 0 Å². The number of carbonyl (C=O) groups is 2. The zero-order valence-corrected chi connectivity index (χ0v) is 10.0. The molecule has 1 rings (SSSR count). The summed E-state index contributed by atoms with van der Waals surface area (Å²) in [6.45, 7) is 5.02. The van der Waals surface area contributed by atoms with Crippen molar-refractivity contribution in [2.24, 2.45) is 0 Å². The Morgan fingerprint density at radius 3 is 2.75 bits per heavy atom. The van der Waals surface area contributed by atoms with Crippen LogP contribution in [-0.4, -0.2) is 37.0 Å². The molecule has 5 heteroatoms. The lowest BCUT2D eigenvalue weighted by Gasteiger charge is -2.24. The van der Waals surface area contributed by atoms with E-state index in [0.717, 1.165) is 25.8 Å². The zero-order chi connectivity index (χ0) is 12.0. The molecule has 1 fully saturated rings. The second-order valence-corrected chi connectivity index (χ2v) is 4.13. The largest absolute Gasteiger partial charge is 0.355 e. The van der Waals surface area contributed by atoms with Gasteiger partial charge in [-0.3, -0.25) is 9.59 Å². The first-order valence-corrected chi connectivity index (χ1v) is 5.96. The minimum Gasteiger partial charge on any atom is -0.355 e. The average Bonchev–Trinajstić information content (AvgIpc) is 2.30. The molecule has 0 spiro atoms. The van der Waals surface area contributed by atoms with Crippen LogP contribution in [0.25, 0.3) is 0 Å². The van der Waals surface area contributed by atoms with Crippen molar-refractivity contribution >= 4 is 11.8 Å². The lowest BCUT2D eigenvalue weighted by atomic mass is 10.0. The molecule has 92 valence electrons. The maximum absolute atomic E-state index is 11.8. The van der Waals surface area contributed by atoms with Crippen LogP contribution in [0.2, 0.25) is 0 Å². The third-order valence-corrected chi connectivity index (χ3v) is 2.73. The Kier molecular flexibility index (Phi) is 5.25. The van der Waals surface area contributed by atoms with Crippen LogP contribution in [0.15, 0.2) is 0 Å². The molecular formula is C11H21N3O2. The van der Waals surface area contributed by atoms with Gasteiger partial charge in [-0.1, -0.05) is 6.42 Å². The van der Waals surface area contributed by atoms with Gasteiger partial charge in [0, 0.05) is 6.54 Å². The van der Waals surface area contributed by atoms with Gasteiger partial charge in [0.05, 0.1) is 6.04 Å². The number of rotatable bonds is 4. The maximum atomic E-state index is 11.8. The van der Waals surface area contributed by atoms with Gasteiger partial charge in [0.2, 0.25) is 11.8 Å². The molecule has 2 amide bonds. The van der Waals surface area contributed by atoms with E-state index in [4.69, 9.17) is 0 Å². The van der Waals surface area contributed by atoms with Crippen LogP contribution in [0, 0.1) is 0 Å². The smallest absolute Gasteiger partial charge is 0.242 e. The SMILES string of the molecule is CCNC(=O)C(C)NC(=O)[C@H]1CCCCN1. The molecule has 2 atom stereocenters. The molecule has 5 nitrogen and oxygen atoms in total. The Hall–Kier alpha value is -1.10. The molecular weight excluding hydrogens is 206 g/mol. The van der Waals surface area contributed by atoms with Crippen LogP contribution in [0.3, 0.4) is 0 Å². The van der Waals surface area contributed by atoms with Crippen molar-refractivity contribution in [2.75, 3.05) is 13.1 Å². The molecule has 1 aliphatic heterocycles. The molecule has 1 aliphatic rings. The van der Waals surface area contributed by atoms with Crippen molar-refractivity contribution < 1.29 is 9.59 Å². The van der Waals surface area contributed by atoms with E-state index in [0.29, 0.717) is 6.54 Å². The summed E-state index contributed by atoms with van der Waals surface area (Å²) in [6.07, 6.45) is 3.05. The number of amides is 2. The highest BCUT2D eigenvalue weighted by atomic mass is 16.2. The number of nitrogens with one attached hydrogen (secondary N) is 3. The Bertz CT molecular complexity index is 250. The van der Waals surface area contributed by atoms with E-state index in [1.807, 2.05) is 6.92 Å². The number of hydrogen-bond acceptors (Lipinski definition) is 3. The topological polar surface area (TPSA) is 70.2 Å². The average molecular weight is 227 g/mol. The molecule has 0 aromatic carbocycles. The number of carbonyl (C=O) groups excluding carboxylic acids is 2. The molecule has 0 saturated carbocycles.